The minimum Gasteiger partial charge on any atom is -0.423 e. The number of ketones is 2. The van der Waals surface area contributed by atoms with Crippen LogP contribution in [-0.4, -0.2) is 70.8 Å². The molecule has 5 rings (SSSR count). The van der Waals surface area contributed by atoms with Gasteiger partial charge in [0, 0.05) is 83.6 Å². The van der Waals surface area contributed by atoms with Gasteiger partial charge in [-0.15, -0.1) is 0 Å². The number of rotatable bonds is 18. The summed E-state index contributed by atoms with van der Waals surface area (Å²) in [5, 5.41) is 44.5. The smallest absolute Gasteiger partial charge is 0.423 e. The molecule has 0 atom stereocenters. The molecule has 0 saturated carbocycles. The highest BCUT2D eigenvalue weighted by molar-refractivity contribution is 6.59. The Morgan fingerprint density at radius 2 is 1.04 bits per heavy atom. The zero-order valence-electron chi connectivity index (χ0n) is 31.1. The maximum absolute atomic E-state index is 13.5. The van der Waals surface area contributed by atoms with E-state index in [0.29, 0.717) is 64.8 Å². The third-order valence-electron chi connectivity index (χ3n) is 9.16. The largest absolute Gasteiger partial charge is 0.488 e. The van der Waals surface area contributed by atoms with Crippen molar-refractivity contribution in [3.05, 3.63) is 167 Å². The first-order valence-electron chi connectivity index (χ1n) is 18.1. The van der Waals surface area contributed by atoms with Gasteiger partial charge in [0.2, 0.25) is 5.91 Å². The van der Waals surface area contributed by atoms with Crippen LogP contribution >= 0.6 is 0 Å². The summed E-state index contributed by atoms with van der Waals surface area (Å²) in [7, 11) is -3.22. The van der Waals surface area contributed by atoms with Gasteiger partial charge in [0.1, 0.15) is 0 Å². The lowest BCUT2D eigenvalue weighted by atomic mass is 9.77. The molecule has 56 heavy (non-hydrogen) atoms. The number of amides is 2. The van der Waals surface area contributed by atoms with E-state index in [1.165, 1.54) is 0 Å². The summed E-state index contributed by atoms with van der Waals surface area (Å²) >= 11 is 0. The Balaban J connectivity index is 1.30. The molecule has 284 valence electrons. The van der Waals surface area contributed by atoms with E-state index in [9.17, 15) is 39.3 Å². The molecule has 2 aromatic heterocycles. The van der Waals surface area contributed by atoms with Gasteiger partial charge in [-0.05, 0) is 47.5 Å². The lowest BCUT2D eigenvalue weighted by Gasteiger charge is -2.11. The summed E-state index contributed by atoms with van der Waals surface area (Å²) in [6.45, 7) is 6.57. The van der Waals surface area contributed by atoms with Gasteiger partial charge in [-0.2, -0.15) is 0 Å². The van der Waals surface area contributed by atoms with Crippen LogP contribution in [0.3, 0.4) is 0 Å². The Morgan fingerprint density at radius 1 is 0.607 bits per heavy atom. The molecule has 0 aliphatic heterocycles. The molecular formula is C42H44B2N4O8+2. The van der Waals surface area contributed by atoms with Gasteiger partial charge in [0.05, 0.1) is 0 Å². The van der Waals surface area contributed by atoms with Gasteiger partial charge in [-0.25, -0.2) is 9.13 Å². The van der Waals surface area contributed by atoms with Crippen molar-refractivity contribution in [2.45, 2.75) is 39.3 Å². The Hall–Kier alpha value is -6.05. The van der Waals surface area contributed by atoms with Crippen molar-refractivity contribution in [3.63, 3.8) is 0 Å². The van der Waals surface area contributed by atoms with Crippen LogP contribution in [0.15, 0.2) is 128 Å². The summed E-state index contributed by atoms with van der Waals surface area (Å²) in [6, 6.07) is 25.7. The van der Waals surface area contributed by atoms with Crippen LogP contribution in [0.5, 0.6) is 0 Å². The molecule has 3 aromatic carbocycles. The molecule has 0 saturated heterocycles. The van der Waals surface area contributed by atoms with E-state index in [-0.39, 0.29) is 48.3 Å². The predicted molar refractivity (Wildman–Crippen MR) is 211 cm³/mol. The van der Waals surface area contributed by atoms with Crippen LogP contribution in [0.1, 0.15) is 66.7 Å². The molecule has 0 bridgehead atoms. The number of aromatic nitrogens is 2. The molecule has 12 nitrogen and oxygen atoms in total. The Morgan fingerprint density at radius 3 is 1.46 bits per heavy atom. The van der Waals surface area contributed by atoms with Gasteiger partial charge in [0.15, 0.2) is 49.4 Å². The molecule has 2 amide bonds. The zero-order chi connectivity index (χ0) is 40.2. The number of benzene rings is 3. The maximum Gasteiger partial charge on any atom is 0.488 e. The maximum atomic E-state index is 13.5. The molecular weight excluding hydrogens is 710 g/mol. The van der Waals surface area contributed by atoms with Crippen molar-refractivity contribution in [1.82, 2.24) is 10.6 Å². The third-order valence-corrected chi connectivity index (χ3v) is 9.16. The van der Waals surface area contributed by atoms with E-state index in [4.69, 9.17) is 0 Å². The monoisotopic (exact) mass is 754 g/mol. The molecule has 0 radical (unpaired) electrons. The first kappa shape index (κ1) is 41.1. The minimum absolute atomic E-state index is 0.0336. The number of hydrogen-bond donors (Lipinski definition) is 6. The number of nitrogens with one attached hydrogen (secondary N) is 2. The quantitative estimate of drug-likeness (QED) is 0.0244. The summed E-state index contributed by atoms with van der Waals surface area (Å²) in [5.74, 6) is -1.05. The Bertz CT molecular complexity index is 2080. The molecule has 2 heterocycles. The number of hydrogen-bond acceptors (Lipinski definition) is 8. The molecule has 0 fully saturated rings. The summed E-state index contributed by atoms with van der Waals surface area (Å²) in [4.78, 5) is 52.1. The highest BCUT2D eigenvalue weighted by atomic mass is 16.4. The molecule has 0 unspecified atom stereocenters. The van der Waals surface area contributed by atoms with E-state index in [2.05, 4.69) is 17.2 Å². The van der Waals surface area contributed by atoms with Gasteiger partial charge < -0.3 is 30.7 Å². The topological polar surface area (TPSA) is 181 Å². The summed E-state index contributed by atoms with van der Waals surface area (Å²) in [5.41, 5.74) is 4.89. The van der Waals surface area contributed by atoms with Gasteiger partial charge in [-0.3, -0.25) is 19.2 Å². The third kappa shape index (κ3) is 11.5. The van der Waals surface area contributed by atoms with E-state index >= 15 is 0 Å². The lowest BCUT2D eigenvalue weighted by Crippen LogP contribution is -2.40. The fourth-order valence-corrected chi connectivity index (χ4v) is 6.17. The first-order chi connectivity index (χ1) is 26.9. The van der Waals surface area contributed by atoms with Crippen molar-refractivity contribution in [2.24, 2.45) is 0 Å². The fourth-order valence-electron chi connectivity index (χ4n) is 6.17. The SMILES string of the molecule is C=C(C)C(=O)NCCCNC(=O)c1cc(CC(=O)c2cc[n+](Cc3ccccc3B(O)O)cc2)cc(CC(=O)c2cc[n+](Cc3ccccc3B(O)O)cc2)c1. The Labute approximate surface area is 326 Å². The van der Waals surface area contributed by atoms with Crippen LogP contribution in [0.2, 0.25) is 0 Å². The van der Waals surface area contributed by atoms with Crippen molar-refractivity contribution < 1.29 is 48.4 Å². The van der Waals surface area contributed by atoms with Crippen molar-refractivity contribution in [2.75, 3.05) is 13.1 Å². The average molecular weight is 754 g/mol. The number of pyridine rings is 2. The van der Waals surface area contributed by atoms with Crippen LogP contribution in [0, 0.1) is 0 Å². The number of carbonyl (C=O) groups is 4. The first-order valence-corrected chi connectivity index (χ1v) is 18.1. The van der Waals surface area contributed by atoms with E-state index < -0.39 is 14.2 Å². The normalized spacial score (nSPS) is 10.7. The highest BCUT2D eigenvalue weighted by Crippen LogP contribution is 2.16. The second-order valence-electron chi connectivity index (χ2n) is 13.5. The number of carbonyl (C=O) groups excluding carboxylic acids is 4. The molecule has 0 spiro atoms. The van der Waals surface area contributed by atoms with Gasteiger partial charge in [-0.1, -0.05) is 61.2 Å². The van der Waals surface area contributed by atoms with Crippen molar-refractivity contribution in [1.29, 1.82) is 0 Å². The zero-order valence-corrected chi connectivity index (χ0v) is 31.1. The van der Waals surface area contributed by atoms with E-state index in [0.717, 1.165) is 11.1 Å². The predicted octanol–water partition coefficient (Wildman–Crippen LogP) is 0.381. The second-order valence-corrected chi connectivity index (χ2v) is 13.5. The summed E-state index contributed by atoms with van der Waals surface area (Å²) in [6.07, 6.45) is 7.35. The fraction of sp³-hybridized carbons (Fsp3) is 0.190. The van der Waals surface area contributed by atoms with Crippen molar-refractivity contribution in [3.8, 4) is 0 Å². The number of Topliss-reactive ketones (excluding diaryl/α,β-unsaturated/α-hetero) is 2. The van der Waals surface area contributed by atoms with Crippen molar-refractivity contribution >= 4 is 48.5 Å². The average Bonchev–Trinajstić information content (AvgIpc) is 3.18. The van der Waals surface area contributed by atoms with Crippen LogP contribution in [-0.2, 0) is 30.7 Å². The second kappa shape index (κ2) is 19.5. The molecule has 0 aliphatic carbocycles. The van der Waals surface area contributed by atoms with Crippen LogP contribution < -0.4 is 30.7 Å². The Kier molecular flexibility index (Phi) is 14.3. The molecule has 14 heteroatoms. The standard InChI is InChI=1S/C42H42B2N4O8/c1-29(2)41(51)45-16-7-17-46-42(52)36-23-30(25-39(49)32-12-18-47(19-13-32)27-34-8-3-5-10-37(34)43(53)54)22-31(24-36)26-40(50)33-14-20-48(21-15-33)28-35-9-4-6-11-38(35)44(55)56/h3-6,8-15,18-24,53-56H,1,7,16-17,25-28H2,2H3/p+2. The van der Waals surface area contributed by atoms with Crippen LogP contribution in [0.25, 0.3) is 0 Å². The molecule has 0 aliphatic rings. The summed E-state index contributed by atoms with van der Waals surface area (Å²) < 4.78 is 3.64. The minimum atomic E-state index is -1.61. The molecule has 6 N–H and O–H groups in total. The number of nitrogens with zero attached hydrogens (tertiary/aromatic N) is 2. The lowest BCUT2D eigenvalue weighted by molar-refractivity contribution is -0.688. The molecule has 5 aromatic rings. The highest BCUT2D eigenvalue weighted by Gasteiger charge is 2.21. The van der Waals surface area contributed by atoms with Gasteiger partial charge in [0.25, 0.3) is 5.91 Å². The van der Waals surface area contributed by atoms with Gasteiger partial charge >= 0.3 is 14.2 Å². The van der Waals surface area contributed by atoms with Crippen LogP contribution in [0.4, 0.5) is 0 Å². The van der Waals surface area contributed by atoms with E-state index in [1.54, 1.807) is 111 Å². The van der Waals surface area contributed by atoms with E-state index in [1.807, 2.05) is 21.3 Å².